The van der Waals surface area contributed by atoms with Gasteiger partial charge in [-0.2, -0.15) is 0 Å². The maximum absolute atomic E-state index is 5.51. The van der Waals surface area contributed by atoms with E-state index >= 15 is 0 Å². The Labute approximate surface area is 145 Å². The fourth-order valence-corrected chi connectivity index (χ4v) is 4.52. The topological polar surface area (TPSA) is 22.1 Å². The van der Waals surface area contributed by atoms with Crippen molar-refractivity contribution in [3.05, 3.63) is 56.5 Å². The quantitative estimate of drug-likeness (QED) is 0.518. The molecular weight excluding hydrogens is 406 g/mol. The van der Waals surface area contributed by atoms with Crippen molar-refractivity contribution in [2.75, 3.05) is 7.11 Å². The van der Waals surface area contributed by atoms with E-state index < -0.39 is 0 Å². The number of rotatable bonds is 1. The zero-order valence-corrected chi connectivity index (χ0v) is 15.2. The number of fused-ring (bicyclic) bond motifs is 4. The van der Waals surface area contributed by atoms with Crippen molar-refractivity contribution in [3.63, 3.8) is 0 Å². The molecule has 0 spiro atoms. The minimum Gasteiger partial charge on any atom is -0.496 e. The normalized spacial score (nSPS) is 12.9. The Hall–Kier alpha value is -1.39. The Morgan fingerprint density at radius 1 is 1.09 bits per heavy atom. The molecule has 22 heavy (non-hydrogen) atoms. The first-order chi connectivity index (χ1) is 10.7. The lowest BCUT2D eigenvalue weighted by Crippen LogP contribution is -2.07. The molecular formula is C18H13Br2NO. The van der Waals surface area contributed by atoms with Gasteiger partial charge in [-0.15, -0.1) is 0 Å². The van der Waals surface area contributed by atoms with Crippen molar-refractivity contribution < 1.29 is 4.74 Å². The number of hydrogen-bond acceptors (Lipinski definition) is 2. The third-order valence-corrected chi connectivity index (χ3v) is 5.23. The van der Waals surface area contributed by atoms with Crippen molar-refractivity contribution in [1.82, 2.24) is 4.98 Å². The summed E-state index contributed by atoms with van der Waals surface area (Å²) in [7, 11) is 1.73. The van der Waals surface area contributed by atoms with Gasteiger partial charge in [-0.1, -0.05) is 28.1 Å². The molecule has 2 nitrogen and oxygen atoms in total. The molecule has 0 saturated carbocycles. The van der Waals surface area contributed by atoms with Crippen molar-refractivity contribution in [1.29, 1.82) is 0 Å². The number of nitrogens with zero attached hydrogens (tertiary/aromatic N) is 1. The van der Waals surface area contributed by atoms with E-state index in [-0.39, 0.29) is 0 Å². The molecule has 0 fully saturated rings. The van der Waals surface area contributed by atoms with Crippen molar-refractivity contribution in [3.8, 4) is 17.0 Å². The molecule has 4 rings (SSSR count). The fourth-order valence-electron chi connectivity index (χ4n) is 3.17. The summed E-state index contributed by atoms with van der Waals surface area (Å²) in [6.07, 6.45) is 1.99. The summed E-state index contributed by atoms with van der Waals surface area (Å²) in [5, 5.41) is 1.16. The van der Waals surface area contributed by atoms with Gasteiger partial charge >= 0.3 is 0 Å². The highest BCUT2D eigenvalue weighted by atomic mass is 79.9. The van der Waals surface area contributed by atoms with Gasteiger partial charge in [0, 0.05) is 25.5 Å². The van der Waals surface area contributed by atoms with E-state index in [9.17, 15) is 0 Å². The Morgan fingerprint density at radius 3 is 2.77 bits per heavy atom. The molecule has 110 valence electrons. The van der Waals surface area contributed by atoms with Crippen LogP contribution in [0.3, 0.4) is 0 Å². The van der Waals surface area contributed by atoms with Crippen LogP contribution in [-0.2, 0) is 12.8 Å². The second-order valence-corrected chi connectivity index (χ2v) is 7.21. The Balaban J connectivity index is 2.03. The second kappa shape index (κ2) is 5.36. The van der Waals surface area contributed by atoms with Crippen molar-refractivity contribution >= 4 is 42.8 Å². The van der Waals surface area contributed by atoms with Crippen molar-refractivity contribution in [2.45, 2.75) is 12.8 Å². The zero-order valence-electron chi connectivity index (χ0n) is 12.0. The van der Waals surface area contributed by atoms with Gasteiger partial charge in [0.15, 0.2) is 0 Å². The summed E-state index contributed by atoms with van der Waals surface area (Å²) < 4.78 is 7.58. The van der Waals surface area contributed by atoms with E-state index in [1.54, 1.807) is 7.11 Å². The fraction of sp³-hybridized carbons (Fsp3) is 0.167. The molecule has 0 aliphatic heterocycles. The molecule has 0 amide bonds. The number of aryl methyl sites for hydroxylation is 1. The Kier molecular flexibility index (Phi) is 3.46. The second-order valence-electron chi connectivity index (χ2n) is 5.44. The summed E-state index contributed by atoms with van der Waals surface area (Å²) in [6, 6.07) is 12.6. The average molecular weight is 419 g/mol. The lowest BCUT2D eigenvalue weighted by molar-refractivity contribution is 0.409. The lowest BCUT2D eigenvalue weighted by Gasteiger charge is -2.21. The SMILES string of the molecule is COc1cccc2c1CCc1cc3cc(Br)cc(Br)c3nc1-2. The predicted octanol–water partition coefficient (Wildman–Crippen LogP) is 5.53. The molecule has 0 N–H and O–H groups in total. The van der Waals surface area contributed by atoms with E-state index in [4.69, 9.17) is 9.72 Å². The highest BCUT2D eigenvalue weighted by Gasteiger charge is 2.21. The van der Waals surface area contributed by atoms with Crippen LogP contribution in [0.4, 0.5) is 0 Å². The predicted molar refractivity (Wildman–Crippen MR) is 96.5 cm³/mol. The van der Waals surface area contributed by atoms with E-state index in [0.29, 0.717) is 0 Å². The smallest absolute Gasteiger partial charge is 0.122 e. The number of halogens is 2. The van der Waals surface area contributed by atoms with Gasteiger partial charge in [-0.3, -0.25) is 0 Å². The Morgan fingerprint density at radius 2 is 1.95 bits per heavy atom. The first-order valence-electron chi connectivity index (χ1n) is 7.12. The van der Waals surface area contributed by atoms with E-state index in [1.807, 2.05) is 18.2 Å². The molecule has 0 atom stereocenters. The summed E-state index contributed by atoms with van der Waals surface area (Å²) >= 11 is 7.18. The standard InChI is InChI=1S/C18H13Br2NO/c1-22-16-4-2-3-14-13(16)6-5-10-7-11-8-12(19)9-15(20)18(11)21-17(10)14/h2-4,7-9H,5-6H2,1H3. The van der Waals surface area contributed by atoms with Gasteiger partial charge in [0.25, 0.3) is 0 Å². The zero-order chi connectivity index (χ0) is 15.3. The Bertz CT molecular complexity index is 905. The molecule has 0 radical (unpaired) electrons. The van der Waals surface area contributed by atoms with Crippen LogP contribution >= 0.6 is 31.9 Å². The number of hydrogen-bond donors (Lipinski definition) is 0. The van der Waals surface area contributed by atoms with Crippen LogP contribution in [0, 0.1) is 0 Å². The minimum absolute atomic E-state index is 0.958. The molecule has 1 heterocycles. The van der Waals surface area contributed by atoms with Crippen LogP contribution in [0.5, 0.6) is 5.75 Å². The number of aromatic nitrogens is 1. The summed E-state index contributed by atoms with van der Waals surface area (Å²) in [4.78, 5) is 4.95. The van der Waals surface area contributed by atoms with Crippen LogP contribution in [0.25, 0.3) is 22.2 Å². The van der Waals surface area contributed by atoms with Crippen LogP contribution in [-0.4, -0.2) is 12.1 Å². The third-order valence-electron chi connectivity index (χ3n) is 4.17. The lowest BCUT2D eigenvalue weighted by atomic mass is 9.88. The maximum Gasteiger partial charge on any atom is 0.122 e. The molecule has 1 aliphatic carbocycles. The van der Waals surface area contributed by atoms with Crippen molar-refractivity contribution in [2.24, 2.45) is 0 Å². The summed E-state index contributed by atoms with van der Waals surface area (Å²) in [5.74, 6) is 0.958. The third kappa shape index (κ3) is 2.17. The van der Waals surface area contributed by atoms with Gasteiger partial charge in [0.05, 0.1) is 18.3 Å². The molecule has 0 bridgehead atoms. The minimum atomic E-state index is 0.958. The van der Waals surface area contributed by atoms with E-state index in [0.717, 1.165) is 44.1 Å². The summed E-state index contributed by atoms with van der Waals surface area (Å²) in [5.41, 5.74) is 5.83. The molecule has 1 aromatic heterocycles. The van der Waals surface area contributed by atoms with Gasteiger partial charge in [0.2, 0.25) is 0 Å². The summed E-state index contributed by atoms with van der Waals surface area (Å²) in [6.45, 7) is 0. The monoisotopic (exact) mass is 417 g/mol. The molecule has 1 aliphatic rings. The first kappa shape index (κ1) is 14.2. The highest BCUT2D eigenvalue weighted by Crippen LogP contribution is 2.39. The number of ether oxygens (including phenoxy) is 1. The maximum atomic E-state index is 5.51. The molecule has 3 aromatic rings. The molecule has 0 unspecified atom stereocenters. The molecule has 0 saturated heterocycles. The van der Waals surface area contributed by atoms with Gasteiger partial charge in [-0.05, 0) is 58.6 Å². The van der Waals surface area contributed by atoms with Gasteiger partial charge in [-0.25, -0.2) is 4.98 Å². The first-order valence-corrected chi connectivity index (χ1v) is 8.71. The van der Waals surface area contributed by atoms with Crippen LogP contribution < -0.4 is 4.74 Å². The molecule has 2 aromatic carbocycles. The number of pyridine rings is 1. The average Bonchev–Trinajstić information content (AvgIpc) is 2.52. The van der Waals surface area contributed by atoms with Crippen LogP contribution in [0.2, 0.25) is 0 Å². The van der Waals surface area contributed by atoms with Gasteiger partial charge < -0.3 is 4.74 Å². The van der Waals surface area contributed by atoms with Crippen LogP contribution in [0.1, 0.15) is 11.1 Å². The highest BCUT2D eigenvalue weighted by molar-refractivity contribution is 9.11. The number of benzene rings is 2. The largest absolute Gasteiger partial charge is 0.496 e. The van der Waals surface area contributed by atoms with Crippen LogP contribution in [0.15, 0.2) is 45.3 Å². The molecule has 4 heteroatoms. The van der Waals surface area contributed by atoms with E-state index in [1.165, 1.54) is 16.7 Å². The van der Waals surface area contributed by atoms with E-state index in [2.05, 4.69) is 50.1 Å². The van der Waals surface area contributed by atoms with Gasteiger partial charge in [0.1, 0.15) is 5.75 Å². The number of methoxy groups -OCH3 is 1.